The first-order valence-electron chi connectivity index (χ1n) is 6.74. The molecule has 0 aromatic heterocycles. The molecule has 0 aliphatic heterocycles. The zero-order valence-corrected chi connectivity index (χ0v) is 13.3. The highest BCUT2D eigenvalue weighted by molar-refractivity contribution is 7.82. The Morgan fingerprint density at radius 1 is 1.13 bits per heavy atom. The second-order valence-corrected chi connectivity index (χ2v) is 4.89. The maximum atomic E-state index is 10.9. The number of primary amides is 1. The monoisotopic (exact) mass is 328 g/mol. The van der Waals surface area contributed by atoms with E-state index < -0.39 is 6.03 Å². The second kappa shape index (κ2) is 7.90. The number of ether oxygens (including phenoxy) is 1. The molecule has 23 heavy (non-hydrogen) atoms. The second-order valence-electron chi connectivity index (χ2n) is 4.49. The molecular formula is C16H16N4O2S. The van der Waals surface area contributed by atoms with E-state index in [1.807, 2.05) is 54.6 Å². The van der Waals surface area contributed by atoms with Gasteiger partial charge in [-0.15, -0.1) is 0 Å². The van der Waals surface area contributed by atoms with E-state index in [9.17, 15) is 4.79 Å². The van der Waals surface area contributed by atoms with Crippen molar-refractivity contribution in [3.63, 3.8) is 0 Å². The van der Waals surface area contributed by atoms with Gasteiger partial charge >= 0.3 is 6.03 Å². The molecule has 2 aromatic rings. The van der Waals surface area contributed by atoms with Crippen LogP contribution in [0.15, 0.2) is 59.7 Å². The van der Waals surface area contributed by atoms with Crippen molar-refractivity contribution in [1.82, 2.24) is 5.43 Å². The van der Waals surface area contributed by atoms with Crippen molar-refractivity contribution in [1.29, 1.82) is 0 Å². The van der Waals surface area contributed by atoms with E-state index in [4.69, 9.17) is 22.7 Å². The Hall–Kier alpha value is -2.93. The van der Waals surface area contributed by atoms with Crippen molar-refractivity contribution in [3.8, 4) is 5.75 Å². The summed E-state index contributed by atoms with van der Waals surface area (Å²) in [7, 11) is 1.60. The van der Waals surface area contributed by atoms with Gasteiger partial charge in [0.25, 0.3) is 0 Å². The third-order valence-corrected chi connectivity index (χ3v) is 3.18. The minimum absolute atomic E-state index is 0.357. The Morgan fingerprint density at radius 2 is 1.78 bits per heavy atom. The highest BCUT2D eigenvalue weighted by atomic mass is 32.1. The maximum absolute atomic E-state index is 10.9. The topological polar surface area (TPSA) is 88.7 Å². The predicted molar refractivity (Wildman–Crippen MR) is 94.9 cm³/mol. The minimum atomic E-state index is -0.759. The number of carbonyl (C=O) groups is 1. The molecule has 0 saturated carbocycles. The van der Waals surface area contributed by atoms with Crippen LogP contribution in [0.3, 0.4) is 0 Å². The number of anilines is 1. The summed E-state index contributed by atoms with van der Waals surface area (Å²) in [4.78, 5) is 11.3. The summed E-state index contributed by atoms with van der Waals surface area (Å²) >= 11 is 5.39. The normalized spacial score (nSPS) is 10.7. The van der Waals surface area contributed by atoms with Crippen LogP contribution < -0.4 is 21.2 Å². The maximum Gasteiger partial charge on any atom is 0.332 e. The molecule has 0 atom stereocenters. The van der Waals surface area contributed by atoms with Gasteiger partial charge in [0, 0.05) is 11.3 Å². The Kier molecular flexibility index (Phi) is 5.65. The summed E-state index contributed by atoms with van der Waals surface area (Å²) in [6, 6.07) is 15.8. The highest BCUT2D eigenvalue weighted by Crippen LogP contribution is 2.16. The zero-order valence-electron chi connectivity index (χ0n) is 12.4. The van der Waals surface area contributed by atoms with E-state index in [-0.39, 0.29) is 0 Å². The summed E-state index contributed by atoms with van der Waals surface area (Å²) in [5.41, 5.74) is 9.22. The molecular weight excluding hydrogens is 312 g/mol. The fourth-order valence-corrected chi connectivity index (χ4v) is 2.10. The van der Waals surface area contributed by atoms with Crippen LogP contribution >= 0.6 is 12.2 Å². The number of urea groups is 1. The third-order valence-electron chi connectivity index (χ3n) is 2.89. The third kappa shape index (κ3) is 4.79. The summed E-state index contributed by atoms with van der Waals surface area (Å²) < 4.78 is 5.11. The van der Waals surface area contributed by atoms with E-state index >= 15 is 0 Å². The van der Waals surface area contributed by atoms with Gasteiger partial charge in [0.05, 0.1) is 7.11 Å². The molecule has 6 nitrogen and oxygen atoms in total. The molecule has 4 N–H and O–H groups in total. The van der Waals surface area contributed by atoms with Gasteiger partial charge in [-0.2, -0.15) is 5.10 Å². The smallest absolute Gasteiger partial charge is 0.332 e. The van der Waals surface area contributed by atoms with Crippen molar-refractivity contribution in [3.05, 3.63) is 60.2 Å². The standard InChI is InChI=1S/C16H16N4O2S/c1-22-13-9-7-12(8-10-13)18-15(23)14(19-20-16(17)21)11-5-3-2-4-6-11/h2-10H,1H3,(H,18,23)(H3,17,20,21). The first kappa shape index (κ1) is 16.4. The Balaban J connectivity index is 2.22. The molecule has 0 heterocycles. The van der Waals surface area contributed by atoms with Gasteiger partial charge in [0.1, 0.15) is 16.4 Å². The lowest BCUT2D eigenvalue weighted by atomic mass is 10.1. The number of nitrogens with two attached hydrogens (primary N) is 1. The first-order valence-corrected chi connectivity index (χ1v) is 7.15. The Morgan fingerprint density at radius 3 is 2.35 bits per heavy atom. The number of carbonyl (C=O) groups excluding carboxylic acids is 1. The van der Waals surface area contributed by atoms with E-state index in [1.54, 1.807) is 7.11 Å². The van der Waals surface area contributed by atoms with Crippen molar-refractivity contribution >= 4 is 34.6 Å². The number of nitrogens with one attached hydrogen (secondary N) is 2. The van der Waals surface area contributed by atoms with Crippen LogP contribution in [0.5, 0.6) is 5.75 Å². The van der Waals surface area contributed by atoms with Crippen LogP contribution in [-0.2, 0) is 0 Å². The van der Waals surface area contributed by atoms with E-state index in [1.165, 1.54) is 0 Å². The Bertz CT molecular complexity index is 715. The van der Waals surface area contributed by atoms with Gasteiger partial charge < -0.3 is 15.8 Å². The fourth-order valence-electron chi connectivity index (χ4n) is 1.82. The molecule has 0 spiro atoms. The van der Waals surface area contributed by atoms with E-state index in [2.05, 4.69) is 15.8 Å². The molecule has 2 rings (SSSR count). The number of rotatable bonds is 5. The van der Waals surface area contributed by atoms with Gasteiger partial charge in [0.2, 0.25) is 0 Å². The number of thiocarbonyl (C=S) groups is 1. The molecule has 2 aromatic carbocycles. The number of benzene rings is 2. The molecule has 0 fully saturated rings. The Labute approximate surface area is 139 Å². The molecule has 0 aliphatic carbocycles. The van der Waals surface area contributed by atoms with Crippen LogP contribution in [0, 0.1) is 0 Å². The van der Waals surface area contributed by atoms with E-state index in [0.717, 1.165) is 17.0 Å². The molecule has 0 unspecified atom stereocenters. The van der Waals surface area contributed by atoms with Gasteiger partial charge in [-0.05, 0) is 24.3 Å². The number of amides is 2. The molecule has 0 aliphatic rings. The first-order chi connectivity index (χ1) is 11.1. The molecule has 0 radical (unpaired) electrons. The molecule has 7 heteroatoms. The van der Waals surface area contributed by atoms with Crippen LogP contribution in [0.4, 0.5) is 10.5 Å². The number of hydrogen-bond acceptors (Lipinski definition) is 4. The average Bonchev–Trinajstić information content (AvgIpc) is 2.56. The number of hydrogen-bond donors (Lipinski definition) is 3. The summed E-state index contributed by atoms with van der Waals surface area (Å²) in [5, 5.41) is 7.06. The lowest BCUT2D eigenvalue weighted by molar-refractivity contribution is 0.249. The van der Waals surface area contributed by atoms with Crippen molar-refractivity contribution in [2.45, 2.75) is 0 Å². The number of methoxy groups -OCH3 is 1. The molecule has 0 saturated heterocycles. The van der Waals surface area contributed by atoms with Gasteiger partial charge in [-0.3, -0.25) is 0 Å². The van der Waals surface area contributed by atoms with Gasteiger partial charge in [-0.25, -0.2) is 10.2 Å². The van der Waals surface area contributed by atoms with Crippen molar-refractivity contribution < 1.29 is 9.53 Å². The largest absolute Gasteiger partial charge is 0.497 e. The van der Waals surface area contributed by atoms with Crippen molar-refractivity contribution in [2.24, 2.45) is 10.8 Å². The number of hydrazone groups is 1. The van der Waals surface area contributed by atoms with Gasteiger partial charge in [0.15, 0.2) is 0 Å². The summed E-state index contributed by atoms with van der Waals surface area (Å²) in [6.45, 7) is 0. The van der Waals surface area contributed by atoms with Crippen LogP contribution in [0.25, 0.3) is 0 Å². The zero-order chi connectivity index (χ0) is 16.7. The molecule has 2 amide bonds. The summed E-state index contributed by atoms with van der Waals surface area (Å²) in [6.07, 6.45) is 0. The average molecular weight is 328 g/mol. The van der Waals surface area contributed by atoms with E-state index in [0.29, 0.717) is 10.7 Å². The lowest BCUT2D eigenvalue weighted by Crippen LogP contribution is -2.30. The van der Waals surface area contributed by atoms with Gasteiger partial charge in [-0.1, -0.05) is 42.5 Å². The highest BCUT2D eigenvalue weighted by Gasteiger charge is 2.11. The van der Waals surface area contributed by atoms with Crippen LogP contribution in [0.2, 0.25) is 0 Å². The number of nitrogens with zero attached hydrogens (tertiary/aromatic N) is 1. The quantitative estimate of drug-likeness (QED) is 0.447. The SMILES string of the molecule is COc1ccc(NC(=S)C(=NNC(N)=O)c2ccccc2)cc1. The predicted octanol–water partition coefficient (Wildman–Crippen LogP) is 2.51. The molecule has 118 valence electrons. The van der Waals surface area contributed by atoms with Crippen LogP contribution in [0.1, 0.15) is 5.56 Å². The van der Waals surface area contributed by atoms with Crippen LogP contribution in [-0.4, -0.2) is 23.8 Å². The minimum Gasteiger partial charge on any atom is -0.497 e. The van der Waals surface area contributed by atoms with Crippen molar-refractivity contribution in [2.75, 3.05) is 12.4 Å². The summed E-state index contributed by atoms with van der Waals surface area (Å²) in [5.74, 6) is 0.744. The fraction of sp³-hybridized carbons (Fsp3) is 0.0625. The molecule has 0 bridgehead atoms. The lowest BCUT2D eigenvalue weighted by Gasteiger charge is -2.11.